The van der Waals surface area contributed by atoms with E-state index in [1.807, 2.05) is 13.8 Å². The number of hydrogen-bond donors (Lipinski definition) is 0. The summed E-state index contributed by atoms with van der Waals surface area (Å²) in [5, 5.41) is 0.290. The van der Waals surface area contributed by atoms with Crippen molar-refractivity contribution in [3.8, 4) is 0 Å². The van der Waals surface area contributed by atoms with Crippen LogP contribution in [-0.4, -0.2) is 29.3 Å². The van der Waals surface area contributed by atoms with Crippen molar-refractivity contribution in [1.82, 2.24) is 4.98 Å². The number of rotatable bonds is 2. The van der Waals surface area contributed by atoms with Gasteiger partial charge in [-0.15, -0.1) is 0 Å². The molecule has 2 atom stereocenters. The number of halogens is 1. The molecule has 2 rings (SSSR count). The monoisotopic (exact) mass is 269 g/mol. The van der Waals surface area contributed by atoms with Crippen LogP contribution in [0.5, 0.6) is 0 Å². The van der Waals surface area contributed by atoms with Crippen LogP contribution in [0.15, 0.2) is 18.3 Å². The first-order valence-corrected chi connectivity index (χ1v) is 6.40. The van der Waals surface area contributed by atoms with Gasteiger partial charge in [-0.3, -0.25) is 0 Å². The molecule has 0 spiro atoms. The standard InChI is InChI=1S/C13H16ClNO3/c1-8-5-11(6-9(2)17-8)18-13(16)10-3-4-15-12(14)7-10/h3-4,7-9,11H,5-6H2,1-2H3. The molecule has 0 N–H and O–H groups in total. The molecular weight excluding hydrogens is 254 g/mol. The largest absolute Gasteiger partial charge is 0.459 e. The van der Waals surface area contributed by atoms with Crippen molar-refractivity contribution < 1.29 is 14.3 Å². The molecule has 0 radical (unpaired) electrons. The maximum atomic E-state index is 11.9. The third-order valence-electron chi connectivity index (χ3n) is 2.89. The SMILES string of the molecule is CC1CC(OC(=O)c2ccnc(Cl)c2)CC(C)O1. The maximum absolute atomic E-state index is 11.9. The van der Waals surface area contributed by atoms with Gasteiger partial charge < -0.3 is 9.47 Å². The average Bonchev–Trinajstić information content (AvgIpc) is 2.27. The van der Waals surface area contributed by atoms with Crippen LogP contribution < -0.4 is 0 Å². The normalized spacial score (nSPS) is 27.8. The second-order valence-corrected chi connectivity index (χ2v) is 5.01. The molecule has 0 amide bonds. The zero-order valence-corrected chi connectivity index (χ0v) is 11.2. The Morgan fingerprint density at radius 2 is 2.11 bits per heavy atom. The van der Waals surface area contributed by atoms with Gasteiger partial charge in [0.25, 0.3) is 0 Å². The molecule has 0 saturated carbocycles. The van der Waals surface area contributed by atoms with Crippen molar-refractivity contribution in [3.05, 3.63) is 29.0 Å². The molecule has 0 bridgehead atoms. The Kier molecular flexibility index (Phi) is 4.19. The molecule has 1 fully saturated rings. The van der Waals surface area contributed by atoms with Gasteiger partial charge in [0.05, 0.1) is 17.8 Å². The van der Waals surface area contributed by atoms with Crippen LogP contribution in [0.2, 0.25) is 5.15 Å². The fourth-order valence-electron chi connectivity index (χ4n) is 2.19. The Balaban J connectivity index is 1.99. The molecule has 0 aromatic carbocycles. The summed E-state index contributed by atoms with van der Waals surface area (Å²) in [7, 11) is 0. The Hall–Kier alpha value is -1.13. The van der Waals surface area contributed by atoms with Crippen molar-refractivity contribution in [1.29, 1.82) is 0 Å². The lowest BCUT2D eigenvalue weighted by Crippen LogP contribution is -2.35. The number of carbonyl (C=O) groups is 1. The van der Waals surface area contributed by atoms with E-state index in [0.29, 0.717) is 5.56 Å². The molecule has 1 aliphatic rings. The van der Waals surface area contributed by atoms with Gasteiger partial charge >= 0.3 is 5.97 Å². The number of hydrogen-bond acceptors (Lipinski definition) is 4. The van der Waals surface area contributed by atoms with E-state index in [4.69, 9.17) is 21.1 Å². The summed E-state index contributed by atoms with van der Waals surface area (Å²) < 4.78 is 11.1. The van der Waals surface area contributed by atoms with E-state index >= 15 is 0 Å². The number of aromatic nitrogens is 1. The van der Waals surface area contributed by atoms with E-state index < -0.39 is 0 Å². The van der Waals surface area contributed by atoms with Crippen LogP contribution in [-0.2, 0) is 9.47 Å². The lowest BCUT2D eigenvalue weighted by molar-refractivity contribution is -0.0855. The first-order chi connectivity index (χ1) is 8.54. The molecule has 18 heavy (non-hydrogen) atoms. The van der Waals surface area contributed by atoms with Crippen LogP contribution in [0.1, 0.15) is 37.0 Å². The summed E-state index contributed by atoms with van der Waals surface area (Å²) in [5.74, 6) is -0.356. The Morgan fingerprint density at radius 3 is 2.72 bits per heavy atom. The number of esters is 1. The lowest BCUT2D eigenvalue weighted by Gasteiger charge is -2.31. The van der Waals surface area contributed by atoms with Crippen LogP contribution in [0.25, 0.3) is 0 Å². The predicted octanol–water partition coefficient (Wildman–Crippen LogP) is 2.85. The van der Waals surface area contributed by atoms with Crippen molar-refractivity contribution in [2.75, 3.05) is 0 Å². The van der Waals surface area contributed by atoms with Gasteiger partial charge in [0.15, 0.2) is 0 Å². The van der Waals surface area contributed by atoms with E-state index in [1.165, 1.54) is 12.3 Å². The van der Waals surface area contributed by atoms with E-state index in [2.05, 4.69) is 4.98 Å². The number of pyridine rings is 1. The number of ether oxygens (including phenoxy) is 2. The average molecular weight is 270 g/mol. The van der Waals surface area contributed by atoms with E-state index in [-0.39, 0.29) is 29.4 Å². The minimum Gasteiger partial charge on any atom is -0.459 e. The van der Waals surface area contributed by atoms with Gasteiger partial charge in [-0.2, -0.15) is 0 Å². The van der Waals surface area contributed by atoms with E-state index in [0.717, 1.165) is 12.8 Å². The first kappa shape index (κ1) is 13.3. The fraction of sp³-hybridized carbons (Fsp3) is 0.538. The molecule has 98 valence electrons. The molecular formula is C13H16ClNO3. The number of carbonyl (C=O) groups excluding carboxylic acids is 1. The Labute approximate surface area is 111 Å². The van der Waals surface area contributed by atoms with E-state index in [1.54, 1.807) is 6.07 Å². The zero-order chi connectivity index (χ0) is 13.1. The molecule has 5 heteroatoms. The van der Waals surface area contributed by atoms with Gasteiger partial charge in [0.2, 0.25) is 0 Å². The molecule has 2 heterocycles. The summed E-state index contributed by atoms with van der Waals surface area (Å²) in [5.41, 5.74) is 0.432. The molecule has 1 aromatic rings. The van der Waals surface area contributed by atoms with Crippen molar-refractivity contribution in [2.45, 2.75) is 45.0 Å². The van der Waals surface area contributed by atoms with Gasteiger partial charge in [0.1, 0.15) is 11.3 Å². The van der Waals surface area contributed by atoms with Gasteiger partial charge in [-0.25, -0.2) is 9.78 Å². The highest BCUT2D eigenvalue weighted by atomic mass is 35.5. The third kappa shape index (κ3) is 3.43. The third-order valence-corrected chi connectivity index (χ3v) is 3.10. The van der Waals surface area contributed by atoms with E-state index in [9.17, 15) is 4.79 Å². The molecule has 0 aliphatic carbocycles. The molecule has 4 nitrogen and oxygen atoms in total. The second-order valence-electron chi connectivity index (χ2n) is 4.62. The van der Waals surface area contributed by atoms with Gasteiger partial charge in [-0.05, 0) is 26.0 Å². The minimum absolute atomic E-state index is 0.0943. The van der Waals surface area contributed by atoms with Crippen LogP contribution >= 0.6 is 11.6 Å². The summed E-state index contributed by atoms with van der Waals surface area (Å²) >= 11 is 5.74. The molecule has 1 saturated heterocycles. The minimum atomic E-state index is -0.356. The fourth-order valence-corrected chi connectivity index (χ4v) is 2.36. The summed E-state index contributed by atoms with van der Waals surface area (Å²) in [6.45, 7) is 3.97. The highest BCUT2D eigenvalue weighted by Crippen LogP contribution is 2.22. The highest BCUT2D eigenvalue weighted by Gasteiger charge is 2.27. The maximum Gasteiger partial charge on any atom is 0.338 e. The van der Waals surface area contributed by atoms with Gasteiger partial charge in [0, 0.05) is 19.0 Å². The highest BCUT2D eigenvalue weighted by molar-refractivity contribution is 6.29. The Bertz CT molecular complexity index is 428. The summed E-state index contributed by atoms with van der Waals surface area (Å²) in [6.07, 6.45) is 3.10. The van der Waals surface area contributed by atoms with Crippen LogP contribution in [0.3, 0.4) is 0 Å². The zero-order valence-electron chi connectivity index (χ0n) is 10.4. The predicted molar refractivity (Wildman–Crippen MR) is 67.7 cm³/mol. The topological polar surface area (TPSA) is 48.4 Å². The van der Waals surface area contributed by atoms with Crippen molar-refractivity contribution in [2.24, 2.45) is 0 Å². The summed E-state index contributed by atoms with van der Waals surface area (Å²) in [4.78, 5) is 15.8. The van der Waals surface area contributed by atoms with Gasteiger partial charge in [-0.1, -0.05) is 11.6 Å². The first-order valence-electron chi connectivity index (χ1n) is 6.02. The van der Waals surface area contributed by atoms with Crippen LogP contribution in [0, 0.1) is 0 Å². The molecule has 1 aromatic heterocycles. The summed E-state index contributed by atoms with van der Waals surface area (Å²) in [6, 6.07) is 3.11. The van der Waals surface area contributed by atoms with Crippen LogP contribution in [0.4, 0.5) is 0 Å². The Morgan fingerprint density at radius 1 is 1.44 bits per heavy atom. The molecule has 2 unspecified atom stereocenters. The lowest BCUT2D eigenvalue weighted by atomic mass is 10.0. The smallest absolute Gasteiger partial charge is 0.338 e. The van der Waals surface area contributed by atoms with Crippen molar-refractivity contribution in [3.63, 3.8) is 0 Å². The quantitative estimate of drug-likeness (QED) is 0.612. The van der Waals surface area contributed by atoms with Crippen molar-refractivity contribution >= 4 is 17.6 Å². The molecule has 1 aliphatic heterocycles. The number of nitrogens with zero attached hydrogens (tertiary/aromatic N) is 1. The second kappa shape index (κ2) is 5.67.